The Hall–Kier alpha value is -0.650. The van der Waals surface area contributed by atoms with Gasteiger partial charge in [-0.3, -0.25) is 14.6 Å². The molecule has 1 amide bonds. The lowest BCUT2D eigenvalue weighted by atomic mass is 10.1. The van der Waals surface area contributed by atoms with Crippen LogP contribution >= 0.6 is 0 Å². The Kier molecular flexibility index (Phi) is 8.11. The minimum Gasteiger partial charge on any atom is -0.353 e. The van der Waals surface area contributed by atoms with Gasteiger partial charge in [-0.05, 0) is 19.8 Å². The van der Waals surface area contributed by atoms with Crippen LogP contribution in [0.2, 0.25) is 0 Å². The van der Waals surface area contributed by atoms with Gasteiger partial charge >= 0.3 is 0 Å². The molecular weight excluding hydrogens is 252 g/mol. The molecule has 1 rings (SSSR count). The maximum atomic E-state index is 11.9. The number of piperazine rings is 1. The molecule has 0 aliphatic carbocycles. The molecule has 118 valence electrons. The Morgan fingerprint density at radius 1 is 1.25 bits per heavy atom. The molecule has 2 unspecified atom stereocenters. The summed E-state index contributed by atoms with van der Waals surface area (Å²) in [5.74, 6) is 0.158. The minimum absolute atomic E-state index is 0.158. The molecule has 0 spiro atoms. The van der Waals surface area contributed by atoms with Gasteiger partial charge in [0, 0.05) is 44.8 Å². The second-order valence-electron chi connectivity index (χ2n) is 5.87. The van der Waals surface area contributed by atoms with Gasteiger partial charge in [0.2, 0.25) is 5.91 Å². The molecule has 2 atom stereocenters. The number of nitrogens with one attached hydrogen (secondary N) is 1. The lowest BCUT2D eigenvalue weighted by molar-refractivity contribution is -0.123. The van der Waals surface area contributed by atoms with Crippen LogP contribution < -0.4 is 11.1 Å². The fourth-order valence-corrected chi connectivity index (χ4v) is 2.89. The van der Waals surface area contributed by atoms with Crippen LogP contribution in [0.5, 0.6) is 0 Å². The molecule has 3 N–H and O–H groups in total. The SMILES string of the molecule is CCCC(C)NC(=O)CN1CCN(C(CC)CN)CC1. The average molecular weight is 284 g/mol. The van der Waals surface area contributed by atoms with E-state index in [0.29, 0.717) is 12.6 Å². The molecule has 1 heterocycles. The van der Waals surface area contributed by atoms with Gasteiger partial charge in [0.25, 0.3) is 0 Å². The summed E-state index contributed by atoms with van der Waals surface area (Å²) in [6.07, 6.45) is 3.26. The third-order valence-electron chi connectivity index (χ3n) is 4.16. The lowest BCUT2D eigenvalue weighted by Crippen LogP contribution is -2.54. The summed E-state index contributed by atoms with van der Waals surface area (Å²) >= 11 is 0. The highest BCUT2D eigenvalue weighted by Crippen LogP contribution is 2.08. The van der Waals surface area contributed by atoms with Gasteiger partial charge in [-0.25, -0.2) is 0 Å². The Labute approximate surface area is 123 Å². The molecule has 1 aliphatic heterocycles. The van der Waals surface area contributed by atoms with Gasteiger partial charge in [-0.1, -0.05) is 20.3 Å². The Morgan fingerprint density at radius 3 is 2.40 bits per heavy atom. The van der Waals surface area contributed by atoms with Crippen molar-refractivity contribution in [2.24, 2.45) is 5.73 Å². The standard InChI is InChI=1S/C15H32N4O/c1-4-6-13(3)17-15(20)12-18-7-9-19(10-8-18)14(5-2)11-16/h13-14H,4-12,16H2,1-3H3,(H,17,20). The second-order valence-corrected chi connectivity index (χ2v) is 5.87. The summed E-state index contributed by atoms with van der Waals surface area (Å²) in [6.45, 7) is 11.6. The third-order valence-corrected chi connectivity index (χ3v) is 4.16. The van der Waals surface area contributed by atoms with Gasteiger partial charge in [0.05, 0.1) is 6.54 Å². The van der Waals surface area contributed by atoms with E-state index in [1.54, 1.807) is 0 Å². The Bertz CT molecular complexity index is 273. The molecule has 1 saturated heterocycles. The van der Waals surface area contributed by atoms with Crippen molar-refractivity contribution in [3.63, 3.8) is 0 Å². The van der Waals surface area contributed by atoms with E-state index in [4.69, 9.17) is 5.73 Å². The number of rotatable bonds is 8. The molecule has 5 nitrogen and oxygen atoms in total. The fraction of sp³-hybridized carbons (Fsp3) is 0.933. The van der Waals surface area contributed by atoms with E-state index in [2.05, 4.69) is 35.9 Å². The number of nitrogens with two attached hydrogens (primary N) is 1. The molecule has 20 heavy (non-hydrogen) atoms. The number of hydrogen-bond acceptors (Lipinski definition) is 4. The summed E-state index contributed by atoms with van der Waals surface area (Å²) < 4.78 is 0. The highest BCUT2D eigenvalue weighted by atomic mass is 16.2. The van der Waals surface area contributed by atoms with Crippen molar-refractivity contribution >= 4 is 5.91 Å². The molecule has 0 aromatic heterocycles. The maximum Gasteiger partial charge on any atom is 0.234 e. The van der Waals surface area contributed by atoms with Crippen molar-refractivity contribution in [1.82, 2.24) is 15.1 Å². The van der Waals surface area contributed by atoms with E-state index in [9.17, 15) is 4.79 Å². The molecule has 1 aliphatic rings. The Morgan fingerprint density at radius 2 is 1.90 bits per heavy atom. The number of carbonyl (C=O) groups is 1. The number of carbonyl (C=O) groups excluding carboxylic acids is 1. The van der Waals surface area contributed by atoms with Crippen LogP contribution in [-0.2, 0) is 4.79 Å². The number of nitrogens with zero attached hydrogens (tertiary/aromatic N) is 2. The van der Waals surface area contributed by atoms with Crippen molar-refractivity contribution in [3.8, 4) is 0 Å². The molecule has 0 radical (unpaired) electrons. The highest BCUT2D eigenvalue weighted by Gasteiger charge is 2.23. The molecule has 0 bridgehead atoms. The lowest BCUT2D eigenvalue weighted by Gasteiger charge is -2.38. The monoisotopic (exact) mass is 284 g/mol. The van der Waals surface area contributed by atoms with Gasteiger partial charge < -0.3 is 11.1 Å². The largest absolute Gasteiger partial charge is 0.353 e. The fourth-order valence-electron chi connectivity index (χ4n) is 2.89. The maximum absolute atomic E-state index is 11.9. The number of hydrogen-bond donors (Lipinski definition) is 2. The highest BCUT2D eigenvalue weighted by molar-refractivity contribution is 5.78. The molecule has 0 aromatic carbocycles. The van der Waals surface area contributed by atoms with Crippen molar-refractivity contribution in [3.05, 3.63) is 0 Å². The first-order chi connectivity index (χ1) is 9.60. The zero-order chi connectivity index (χ0) is 15.0. The van der Waals surface area contributed by atoms with E-state index < -0.39 is 0 Å². The van der Waals surface area contributed by atoms with Crippen molar-refractivity contribution < 1.29 is 4.79 Å². The topological polar surface area (TPSA) is 61.6 Å². The zero-order valence-electron chi connectivity index (χ0n) is 13.4. The first-order valence-electron chi connectivity index (χ1n) is 8.06. The van der Waals surface area contributed by atoms with Crippen LogP contribution in [0.15, 0.2) is 0 Å². The summed E-state index contributed by atoms with van der Waals surface area (Å²) in [4.78, 5) is 16.6. The summed E-state index contributed by atoms with van der Waals surface area (Å²) in [7, 11) is 0. The second kappa shape index (κ2) is 9.32. The van der Waals surface area contributed by atoms with Crippen LogP contribution in [-0.4, -0.2) is 67.1 Å². The first-order valence-corrected chi connectivity index (χ1v) is 8.06. The smallest absolute Gasteiger partial charge is 0.234 e. The first kappa shape index (κ1) is 17.4. The van der Waals surface area contributed by atoms with E-state index in [-0.39, 0.29) is 11.9 Å². The van der Waals surface area contributed by atoms with Crippen LogP contribution in [0, 0.1) is 0 Å². The van der Waals surface area contributed by atoms with Crippen molar-refractivity contribution in [1.29, 1.82) is 0 Å². The van der Waals surface area contributed by atoms with Crippen LogP contribution in [0.3, 0.4) is 0 Å². The van der Waals surface area contributed by atoms with E-state index in [0.717, 1.165) is 52.0 Å². The molecule has 0 aromatic rings. The van der Waals surface area contributed by atoms with E-state index in [1.807, 2.05) is 0 Å². The molecular formula is C15H32N4O. The van der Waals surface area contributed by atoms with Gasteiger partial charge in [-0.15, -0.1) is 0 Å². The summed E-state index contributed by atoms with van der Waals surface area (Å²) in [5.41, 5.74) is 5.79. The zero-order valence-corrected chi connectivity index (χ0v) is 13.4. The quantitative estimate of drug-likeness (QED) is 0.687. The number of amides is 1. The summed E-state index contributed by atoms with van der Waals surface area (Å²) in [6, 6.07) is 0.783. The van der Waals surface area contributed by atoms with Gasteiger partial charge in [0.1, 0.15) is 0 Å². The average Bonchev–Trinajstić information content (AvgIpc) is 2.42. The van der Waals surface area contributed by atoms with E-state index >= 15 is 0 Å². The van der Waals surface area contributed by atoms with Crippen LogP contribution in [0.25, 0.3) is 0 Å². The van der Waals surface area contributed by atoms with Crippen molar-refractivity contribution in [2.75, 3.05) is 39.3 Å². The van der Waals surface area contributed by atoms with Gasteiger partial charge in [-0.2, -0.15) is 0 Å². The molecule has 1 fully saturated rings. The molecule has 5 heteroatoms. The van der Waals surface area contributed by atoms with Crippen molar-refractivity contribution in [2.45, 2.75) is 52.1 Å². The van der Waals surface area contributed by atoms with Gasteiger partial charge in [0.15, 0.2) is 0 Å². The third kappa shape index (κ3) is 5.77. The normalized spacial score (nSPS) is 20.6. The predicted molar refractivity (Wildman–Crippen MR) is 83.7 cm³/mol. The molecule has 0 saturated carbocycles. The predicted octanol–water partition coefficient (Wildman–Crippen LogP) is 0.646. The van der Waals surface area contributed by atoms with E-state index in [1.165, 1.54) is 0 Å². The van der Waals surface area contributed by atoms with Crippen LogP contribution in [0.4, 0.5) is 0 Å². The van der Waals surface area contributed by atoms with Crippen LogP contribution in [0.1, 0.15) is 40.0 Å². The Balaban J connectivity index is 2.26. The summed E-state index contributed by atoms with van der Waals surface area (Å²) in [5, 5.41) is 3.07. The minimum atomic E-state index is 0.158.